The molecule has 5 nitrogen and oxygen atoms in total. The summed E-state index contributed by atoms with van der Waals surface area (Å²) < 4.78 is 6.16. The zero-order chi connectivity index (χ0) is 14.5. The number of methoxy groups -OCH3 is 1. The number of hydrogen-bond donors (Lipinski definition) is 1. The summed E-state index contributed by atoms with van der Waals surface area (Å²) >= 11 is 1.68. The second-order valence-corrected chi connectivity index (χ2v) is 5.52. The van der Waals surface area contributed by atoms with E-state index >= 15 is 0 Å². The molecule has 0 bridgehead atoms. The van der Waals surface area contributed by atoms with Crippen molar-refractivity contribution in [2.75, 3.05) is 20.3 Å². The van der Waals surface area contributed by atoms with E-state index < -0.39 is 0 Å². The van der Waals surface area contributed by atoms with Crippen LogP contribution in [0.4, 0.5) is 0 Å². The number of hydrogen-bond acceptors (Lipinski definition) is 6. The monoisotopic (exact) mass is 300 g/mol. The molecule has 108 valence electrons. The molecule has 0 radical (unpaired) electrons. The lowest BCUT2D eigenvalue weighted by Crippen LogP contribution is -2.19. The molecular weight excluding hydrogens is 284 g/mol. The van der Waals surface area contributed by atoms with Gasteiger partial charge in [-0.15, -0.1) is 11.3 Å². The van der Waals surface area contributed by atoms with E-state index in [4.69, 9.17) is 4.74 Å². The first-order valence-corrected chi connectivity index (χ1v) is 7.60. The molecule has 3 heterocycles. The molecule has 0 aliphatic rings. The van der Waals surface area contributed by atoms with Gasteiger partial charge in [0.25, 0.3) is 0 Å². The molecule has 0 atom stereocenters. The summed E-state index contributed by atoms with van der Waals surface area (Å²) in [6.07, 6.45) is 3.61. The van der Waals surface area contributed by atoms with Crippen LogP contribution in [-0.4, -0.2) is 35.2 Å². The fourth-order valence-electron chi connectivity index (χ4n) is 1.99. The average Bonchev–Trinajstić information content (AvgIpc) is 2.99. The Morgan fingerprint density at radius 3 is 3.14 bits per heavy atom. The molecule has 6 heteroatoms. The van der Waals surface area contributed by atoms with Gasteiger partial charge in [-0.3, -0.25) is 4.98 Å². The minimum atomic E-state index is 0.691. The minimum absolute atomic E-state index is 0.691. The smallest absolute Gasteiger partial charge is 0.161 e. The van der Waals surface area contributed by atoms with Crippen LogP contribution in [0.25, 0.3) is 21.6 Å². The zero-order valence-electron chi connectivity index (χ0n) is 11.7. The fraction of sp³-hybridized carbons (Fsp3) is 0.267. The summed E-state index contributed by atoms with van der Waals surface area (Å²) in [5, 5.41) is 5.32. The Morgan fingerprint density at radius 2 is 2.24 bits per heavy atom. The Hall–Kier alpha value is -1.89. The van der Waals surface area contributed by atoms with Gasteiger partial charge in [-0.25, -0.2) is 9.97 Å². The molecule has 0 aromatic carbocycles. The van der Waals surface area contributed by atoms with Crippen LogP contribution >= 0.6 is 11.3 Å². The number of nitrogens with zero attached hydrogens (tertiary/aromatic N) is 3. The van der Waals surface area contributed by atoms with Crippen molar-refractivity contribution in [2.45, 2.75) is 6.54 Å². The molecule has 21 heavy (non-hydrogen) atoms. The lowest BCUT2D eigenvalue weighted by atomic mass is 10.2. The lowest BCUT2D eigenvalue weighted by molar-refractivity contribution is 0.199. The number of fused-ring (bicyclic) bond motifs is 1. The fourth-order valence-corrected chi connectivity index (χ4v) is 2.77. The van der Waals surface area contributed by atoms with Crippen LogP contribution in [0.2, 0.25) is 0 Å². The van der Waals surface area contributed by atoms with Gasteiger partial charge in [0, 0.05) is 38.2 Å². The molecule has 3 rings (SSSR count). The van der Waals surface area contributed by atoms with Gasteiger partial charge in [-0.05, 0) is 23.6 Å². The van der Waals surface area contributed by atoms with Crippen molar-refractivity contribution >= 4 is 21.6 Å². The summed E-state index contributed by atoms with van der Waals surface area (Å²) in [5.74, 6) is 0.712. The summed E-state index contributed by atoms with van der Waals surface area (Å²) in [6, 6.07) is 6.02. The molecular formula is C15H16N4OS. The van der Waals surface area contributed by atoms with E-state index in [-0.39, 0.29) is 0 Å². The molecule has 1 N–H and O–H groups in total. The number of rotatable bonds is 6. The Kier molecular flexibility index (Phi) is 4.49. The first-order valence-electron chi connectivity index (χ1n) is 6.72. The van der Waals surface area contributed by atoms with E-state index in [0.717, 1.165) is 28.0 Å². The molecule has 0 amide bonds. The quantitative estimate of drug-likeness (QED) is 0.709. The maximum atomic E-state index is 5.00. The Morgan fingerprint density at radius 1 is 1.29 bits per heavy atom. The highest BCUT2D eigenvalue weighted by Gasteiger charge is 2.05. The Balaban J connectivity index is 1.78. The summed E-state index contributed by atoms with van der Waals surface area (Å²) in [7, 11) is 1.69. The minimum Gasteiger partial charge on any atom is -0.383 e. The number of nitrogens with one attached hydrogen (secondary N) is 1. The first kappa shape index (κ1) is 14.1. The largest absolute Gasteiger partial charge is 0.383 e. The first-order chi connectivity index (χ1) is 10.4. The maximum absolute atomic E-state index is 5.00. The van der Waals surface area contributed by atoms with Crippen molar-refractivity contribution in [3.8, 4) is 11.4 Å². The van der Waals surface area contributed by atoms with Crippen LogP contribution < -0.4 is 5.32 Å². The predicted octanol–water partition coefficient (Wildman–Crippen LogP) is 2.49. The second kappa shape index (κ2) is 6.71. The third kappa shape index (κ3) is 3.41. The third-order valence-corrected chi connectivity index (χ3v) is 3.92. The number of ether oxygens (including phenoxy) is 1. The van der Waals surface area contributed by atoms with Crippen LogP contribution in [0.1, 0.15) is 5.69 Å². The van der Waals surface area contributed by atoms with E-state index in [1.807, 2.05) is 23.7 Å². The van der Waals surface area contributed by atoms with Crippen LogP contribution in [-0.2, 0) is 11.3 Å². The third-order valence-electron chi connectivity index (χ3n) is 3.06. The van der Waals surface area contributed by atoms with E-state index in [2.05, 4.69) is 26.3 Å². The van der Waals surface area contributed by atoms with Gasteiger partial charge >= 0.3 is 0 Å². The molecule has 0 unspecified atom stereocenters. The number of thiophene rings is 1. The van der Waals surface area contributed by atoms with Crippen molar-refractivity contribution in [1.82, 2.24) is 20.3 Å². The molecule has 0 spiro atoms. The molecule has 3 aromatic rings. The molecule has 0 aliphatic heterocycles. The SMILES string of the molecule is COCCNCc1ccnc(-c2cnc3ccsc3c2)n1. The number of aromatic nitrogens is 3. The van der Waals surface area contributed by atoms with Gasteiger partial charge in [0.05, 0.1) is 22.5 Å². The van der Waals surface area contributed by atoms with Gasteiger partial charge < -0.3 is 10.1 Å². The normalized spacial score (nSPS) is 11.1. The maximum Gasteiger partial charge on any atom is 0.161 e. The topological polar surface area (TPSA) is 59.9 Å². The summed E-state index contributed by atoms with van der Waals surface area (Å²) in [4.78, 5) is 13.4. The highest BCUT2D eigenvalue weighted by atomic mass is 32.1. The average molecular weight is 300 g/mol. The van der Waals surface area contributed by atoms with E-state index in [9.17, 15) is 0 Å². The molecule has 0 fully saturated rings. The van der Waals surface area contributed by atoms with E-state index in [1.165, 1.54) is 0 Å². The highest BCUT2D eigenvalue weighted by molar-refractivity contribution is 7.17. The predicted molar refractivity (Wildman–Crippen MR) is 84.2 cm³/mol. The second-order valence-electron chi connectivity index (χ2n) is 4.57. The van der Waals surface area contributed by atoms with Crippen LogP contribution in [0.15, 0.2) is 36.0 Å². The summed E-state index contributed by atoms with van der Waals surface area (Å²) in [6.45, 7) is 2.20. The van der Waals surface area contributed by atoms with Crippen molar-refractivity contribution < 1.29 is 4.74 Å². The van der Waals surface area contributed by atoms with E-state index in [0.29, 0.717) is 19.0 Å². The van der Waals surface area contributed by atoms with Gasteiger partial charge in [0.2, 0.25) is 0 Å². The molecule has 0 aliphatic carbocycles. The van der Waals surface area contributed by atoms with Gasteiger partial charge in [0.15, 0.2) is 5.82 Å². The van der Waals surface area contributed by atoms with Gasteiger partial charge in [0.1, 0.15) is 0 Å². The molecule has 3 aromatic heterocycles. The van der Waals surface area contributed by atoms with E-state index in [1.54, 1.807) is 24.6 Å². The highest BCUT2D eigenvalue weighted by Crippen LogP contribution is 2.23. The molecule has 0 saturated carbocycles. The van der Waals surface area contributed by atoms with Gasteiger partial charge in [-0.1, -0.05) is 0 Å². The Bertz CT molecular complexity index is 728. The van der Waals surface area contributed by atoms with Gasteiger partial charge in [-0.2, -0.15) is 0 Å². The van der Waals surface area contributed by atoms with Crippen LogP contribution in [0, 0.1) is 0 Å². The zero-order valence-corrected chi connectivity index (χ0v) is 12.6. The van der Waals surface area contributed by atoms with Crippen LogP contribution in [0.3, 0.4) is 0 Å². The van der Waals surface area contributed by atoms with Crippen LogP contribution in [0.5, 0.6) is 0 Å². The molecule has 0 saturated heterocycles. The van der Waals surface area contributed by atoms with Crippen molar-refractivity contribution in [3.63, 3.8) is 0 Å². The van der Waals surface area contributed by atoms with Crippen molar-refractivity contribution in [2.24, 2.45) is 0 Å². The van der Waals surface area contributed by atoms with Crippen molar-refractivity contribution in [1.29, 1.82) is 0 Å². The summed E-state index contributed by atoms with van der Waals surface area (Å²) in [5.41, 5.74) is 2.92. The van der Waals surface area contributed by atoms with Crippen molar-refractivity contribution in [3.05, 3.63) is 41.7 Å². The number of pyridine rings is 1. The lowest BCUT2D eigenvalue weighted by Gasteiger charge is -2.05. The Labute approximate surface area is 127 Å². The standard InChI is InChI=1S/C15H16N4OS/c1-20-6-5-16-10-12-2-4-17-15(19-12)11-8-14-13(18-9-11)3-7-21-14/h2-4,7-9,16H,5-6,10H2,1H3.